The minimum atomic E-state index is -3.30. The van der Waals surface area contributed by atoms with Gasteiger partial charge in [-0.25, -0.2) is 13.2 Å². The summed E-state index contributed by atoms with van der Waals surface area (Å²) in [7, 11) is -3.30. The summed E-state index contributed by atoms with van der Waals surface area (Å²) in [5.74, 6) is 0. The molecule has 168 valence electrons. The van der Waals surface area contributed by atoms with Gasteiger partial charge < -0.3 is 10.1 Å². The summed E-state index contributed by atoms with van der Waals surface area (Å²) in [6, 6.07) is 12.2. The second kappa shape index (κ2) is 9.67. The number of rotatable bonds is 6. The first-order valence-electron chi connectivity index (χ1n) is 9.94. The molecule has 3 aromatic rings. The maximum absolute atomic E-state index is 11.9. The number of aryl methyl sites for hydroxylation is 1. The number of amides is 1. The van der Waals surface area contributed by atoms with Crippen molar-refractivity contribution in [2.24, 2.45) is 0 Å². The standard InChI is InChI=1S/C23H24ClN3O4S/c1-15(2)26-23(28)31-14-27-13-18(6-5-16(27)3)22-21(11-19(24)12-25-22)17-7-9-20(10-8-17)32(4,29)30/h5-13,15H,14H2,1-4H3/p+1. The molecule has 2 heterocycles. The third-order valence-corrected chi connectivity index (χ3v) is 6.05. The highest BCUT2D eigenvalue weighted by atomic mass is 35.5. The van der Waals surface area contributed by atoms with Gasteiger partial charge in [0.2, 0.25) is 0 Å². The van der Waals surface area contributed by atoms with Crippen LogP contribution in [0.3, 0.4) is 0 Å². The highest BCUT2D eigenvalue weighted by Gasteiger charge is 2.17. The summed E-state index contributed by atoms with van der Waals surface area (Å²) in [6.07, 6.45) is 4.08. The first-order valence-corrected chi connectivity index (χ1v) is 12.2. The van der Waals surface area contributed by atoms with E-state index in [1.807, 2.05) is 43.7 Å². The molecule has 0 aliphatic heterocycles. The minimum Gasteiger partial charge on any atom is -0.388 e. The average molecular weight is 475 g/mol. The van der Waals surface area contributed by atoms with Crippen LogP contribution in [0, 0.1) is 6.92 Å². The number of alkyl carbamates (subject to hydrolysis) is 1. The summed E-state index contributed by atoms with van der Waals surface area (Å²) < 4.78 is 30.7. The second-order valence-corrected chi connectivity index (χ2v) is 10.2. The van der Waals surface area contributed by atoms with Crippen LogP contribution in [0.2, 0.25) is 5.02 Å². The lowest BCUT2D eigenvalue weighted by Gasteiger charge is -2.11. The molecule has 0 atom stereocenters. The van der Waals surface area contributed by atoms with Crippen LogP contribution in [-0.4, -0.2) is 31.8 Å². The van der Waals surface area contributed by atoms with E-state index in [-0.39, 0.29) is 17.7 Å². The first kappa shape index (κ1) is 23.7. The molecular weight excluding hydrogens is 450 g/mol. The maximum Gasteiger partial charge on any atom is 0.412 e. The van der Waals surface area contributed by atoms with Crippen LogP contribution < -0.4 is 9.88 Å². The Morgan fingerprint density at radius 1 is 1.16 bits per heavy atom. The van der Waals surface area contributed by atoms with E-state index in [1.54, 1.807) is 36.5 Å². The van der Waals surface area contributed by atoms with Crippen LogP contribution in [0.25, 0.3) is 22.4 Å². The Bertz CT molecular complexity index is 1240. The number of carbonyl (C=O) groups is 1. The fraction of sp³-hybridized carbons (Fsp3) is 0.261. The SMILES string of the molecule is Cc1ccc(-c2ncc(Cl)cc2-c2ccc(S(C)(=O)=O)cc2)c[n+]1COC(=O)NC(C)C. The maximum atomic E-state index is 11.9. The Labute approximate surface area is 193 Å². The van der Waals surface area contributed by atoms with Crippen molar-refractivity contribution in [3.63, 3.8) is 0 Å². The number of hydrogen-bond donors (Lipinski definition) is 1. The molecule has 0 fully saturated rings. The molecule has 0 radical (unpaired) electrons. The van der Waals surface area contributed by atoms with Gasteiger partial charge in [-0.3, -0.25) is 4.98 Å². The molecule has 1 amide bonds. The van der Waals surface area contributed by atoms with Crippen molar-refractivity contribution in [3.05, 3.63) is 65.6 Å². The molecule has 9 heteroatoms. The van der Waals surface area contributed by atoms with Gasteiger partial charge in [0.05, 0.1) is 21.2 Å². The molecule has 1 N–H and O–H groups in total. The predicted molar refractivity (Wildman–Crippen MR) is 123 cm³/mol. The lowest BCUT2D eigenvalue weighted by molar-refractivity contribution is -0.732. The van der Waals surface area contributed by atoms with Gasteiger partial charge in [0, 0.05) is 37.0 Å². The Kier molecular flexibility index (Phi) is 7.16. The van der Waals surface area contributed by atoms with E-state index in [0.29, 0.717) is 10.7 Å². The molecule has 0 aliphatic carbocycles. The molecule has 0 unspecified atom stereocenters. The molecule has 0 saturated heterocycles. The highest BCUT2D eigenvalue weighted by molar-refractivity contribution is 7.90. The highest BCUT2D eigenvalue weighted by Crippen LogP contribution is 2.32. The Hall–Kier alpha value is -2.97. The third kappa shape index (κ3) is 5.83. The van der Waals surface area contributed by atoms with Crippen LogP contribution in [0.15, 0.2) is 59.8 Å². The molecule has 2 aromatic heterocycles. The van der Waals surface area contributed by atoms with Crippen LogP contribution >= 0.6 is 11.6 Å². The number of ether oxygens (including phenoxy) is 1. The van der Waals surface area contributed by atoms with Crippen LogP contribution in [-0.2, 0) is 21.3 Å². The lowest BCUT2D eigenvalue weighted by atomic mass is 10.00. The molecular formula is C23H25ClN3O4S+. The topological polar surface area (TPSA) is 89.2 Å². The number of nitrogens with one attached hydrogen (secondary N) is 1. The fourth-order valence-corrected chi connectivity index (χ4v) is 3.86. The third-order valence-electron chi connectivity index (χ3n) is 4.71. The van der Waals surface area contributed by atoms with Gasteiger partial charge in [-0.05, 0) is 43.7 Å². The number of carbonyl (C=O) groups excluding carboxylic acids is 1. The van der Waals surface area contributed by atoms with Gasteiger partial charge in [0.15, 0.2) is 21.7 Å². The molecule has 0 aliphatic rings. The smallest absolute Gasteiger partial charge is 0.388 e. The van der Waals surface area contributed by atoms with Crippen LogP contribution in [0.5, 0.6) is 0 Å². The average Bonchev–Trinajstić information content (AvgIpc) is 2.72. The van der Waals surface area contributed by atoms with Crippen molar-refractivity contribution in [2.75, 3.05) is 6.26 Å². The first-order chi connectivity index (χ1) is 15.0. The van der Waals surface area contributed by atoms with E-state index in [4.69, 9.17) is 16.3 Å². The largest absolute Gasteiger partial charge is 0.412 e. The second-order valence-electron chi connectivity index (χ2n) is 7.74. The van der Waals surface area contributed by atoms with E-state index in [1.165, 1.54) is 6.26 Å². The van der Waals surface area contributed by atoms with Gasteiger partial charge in [0.1, 0.15) is 0 Å². The van der Waals surface area contributed by atoms with Crippen LogP contribution in [0.1, 0.15) is 19.5 Å². The number of hydrogen-bond acceptors (Lipinski definition) is 5. The predicted octanol–water partition coefficient (Wildman–Crippen LogP) is 4.16. The quantitative estimate of drug-likeness (QED) is 0.542. The number of sulfone groups is 1. The lowest BCUT2D eigenvalue weighted by Crippen LogP contribution is -2.41. The summed E-state index contributed by atoms with van der Waals surface area (Å²) in [6.45, 7) is 5.67. The van der Waals surface area contributed by atoms with E-state index in [2.05, 4.69) is 10.3 Å². The van der Waals surface area contributed by atoms with Gasteiger partial charge in [-0.2, -0.15) is 4.57 Å². The van der Waals surface area contributed by atoms with E-state index in [9.17, 15) is 13.2 Å². The van der Waals surface area contributed by atoms with Gasteiger partial charge in [-0.1, -0.05) is 23.7 Å². The summed E-state index contributed by atoms with van der Waals surface area (Å²) in [5, 5.41) is 3.15. The molecule has 7 nitrogen and oxygen atoms in total. The van der Waals surface area contributed by atoms with Crippen molar-refractivity contribution < 1.29 is 22.5 Å². The summed E-state index contributed by atoms with van der Waals surface area (Å²) in [5.41, 5.74) is 3.90. The number of nitrogens with zero attached hydrogens (tertiary/aromatic N) is 2. The zero-order chi connectivity index (χ0) is 23.5. The molecule has 3 rings (SSSR count). The summed E-state index contributed by atoms with van der Waals surface area (Å²) >= 11 is 6.21. The summed E-state index contributed by atoms with van der Waals surface area (Å²) in [4.78, 5) is 16.6. The molecule has 0 saturated carbocycles. The van der Waals surface area contributed by atoms with Crippen LogP contribution in [0.4, 0.5) is 4.79 Å². The molecule has 0 bridgehead atoms. The Morgan fingerprint density at radius 3 is 2.44 bits per heavy atom. The van der Waals surface area contributed by atoms with Crippen molar-refractivity contribution in [3.8, 4) is 22.4 Å². The normalized spacial score (nSPS) is 11.4. The van der Waals surface area contributed by atoms with E-state index < -0.39 is 15.9 Å². The van der Waals surface area contributed by atoms with Crippen molar-refractivity contribution in [1.82, 2.24) is 10.3 Å². The van der Waals surface area contributed by atoms with Crippen molar-refractivity contribution >= 4 is 27.5 Å². The number of halogens is 1. The zero-order valence-corrected chi connectivity index (χ0v) is 19.9. The zero-order valence-electron chi connectivity index (χ0n) is 18.3. The molecule has 0 spiro atoms. The van der Waals surface area contributed by atoms with Gasteiger partial charge in [-0.15, -0.1) is 0 Å². The Morgan fingerprint density at radius 2 is 1.81 bits per heavy atom. The number of pyridine rings is 2. The number of aromatic nitrogens is 2. The van der Waals surface area contributed by atoms with E-state index >= 15 is 0 Å². The molecule has 32 heavy (non-hydrogen) atoms. The van der Waals surface area contributed by atoms with Crippen molar-refractivity contribution in [1.29, 1.82) is 0 Å². The Balaban J connectivity index is 1.97. The fourth-order valence-electron chi connectivity index (χ4n) is 3.07. The van der Waals surface area contributed by atoms with Gasteiger partial charge >= 0.3 is 6.09 Å². The van der Waals surface area contributed by atoms with Gasteiger partial charge in [0.25, 0.3) is 6.73 Å². The molecule has 1 aromatic carbocycles. The number of benzene rings is 1. The van der Waals surface area contributed by atoms with Crippen molar-refractivity contribution in [2.45, 2.75) is 38.4 Å². The minimum absolute atomic E-state index is 0.0187. The van der Waals surface area contributed by atoms with E-state index in [0.717, 1.165) is 22.4 Å². The monoisotopic (exact) mass is 474 g/mol.